The van der Waals surface area contributed by atoms with Crippen LogP contribution in [-0.2, 0) is 28.6 Å². The predicted octanol–water partition coefficient (Wildman–Crippen LogP) is 2.02. The first-order valence-electron chi connectivity index (χ1n) is 10.5. The molecule has 35 heavy (non-hydrogen) atoms. The van der Waals surface area contributed by atoms with Gasteiger partial charge in [0.2, 0.25) is 5.82 Å². The van der Waals surface area contributed by atoms with Crippen LogP contribution < -0.4 is 10.2 Å². The van der Waals surface area contributed by atoms with Crippen LogP contribution >= 0.6 is 0 Å². The van der Waals surface area contributed by atoms with Crippen LogP contribution in [0.3, 0.4) is 0 Å². The number of aromatic nitrogens is 4. The van der Waals surface area contributed by atoms with Crippen molar-refractivity contribution < 1.29 is 32.7 Å². The lowest BCUT2D eigenvalue weighted by atomic mass is 9.98. The van der Waals surface area contributed by atoms with E-state index in [0.717, 1.165) is 6.20 Å². The SMILES string of the molecule is CCN1C(=O)C(NC(=O)c2nccc(C(F)(F)F)n2)Cc2c(CC(=O)O)nn(-c3ccccc3)c21. The molecule has 2 amide bonds. The van der Waals surface area contributed by atoms with Crippen molar-refractivity contribution in [3.8, 4) is 5.69 Å². The molecule has 10 nitrogen and oxygen atoms in total. The van der Waals surface area contributed by atoms with E-state index < -0.39 is 47.9 Å². The number of likely N-dealkylation sites (N-methyl/N-ethyl adjacent to an activating group) is 1. The number of anilines is 1. The molecular weight excluding hydrogens is 469 g/mol. The molecule has 1 aliphatic heterocycles. The lowest BCUT2D eigenvalue weighted by Crippen LogP contribution is -2.53. The number of halogens is 3. The number of carboxylic acid groups (broad SMARTS) is 1. The number of hydrogen-bond acceptors (Lipinski definition) is 6. The summed E-state index contributed by atoms with van der Waals surface area (Å²) < 4.78 is 40.4. The molecule has 0 radical (unpaired) electrons. The number of carbonyl (C=O) groups is 3. The first kappa shape index (κ1) is 23.9. The summed E-state index contributed by atoms with van der Waals surface area (Å²) in [6, 6.07) is 8.25. The molecular formula is C22H19F3N6O4. The van der Waals surface area contributed by atoms with E-state index in [2.05, 4.69) is 20.4 Å². The molecule has 1 unspecified atom stereocenters. The highest BCUT2D eigenvalue weighted by Crippen LogP contribution is 2.33. The van der Waals surface area contributed by atoms with E-state index in [1.807, 2.05) is 0 Å². The third-order valence-electron chi connectivity index (χ3n) is 5.36. The lowest BCUT2D eigenvalue weighted by Gasteiger charge is -2.32. The van der Waals surface area contributed by atoms with Gasteiger partial charge in [-0.2, -0.15) is 18.3 Å². The predicted molar refractivity (Wildman–Crippen MR) is 115 cm³/mol. The number of nitrogens with one attached hydrogen (secondary N) is 1. The zero-order chi connectivity index (χ0) is 25.3. The number of rotatable bonds is 6. The third kappa shape index (κ3) is 4.69. The van der Waals surface area contributed by atoms with Crippen LogP contribution in [0.4, 0.5) is 19.0 Å². The van der Waals surface area contributed by atoms with Crippen molar-refractivity contribution >= 4 is 23.6 Å². The Morgan fingerprint density at radius 3 is 2.54 bits per heavy atom. The van der Waals surface area contributed by atoms with Crippen LogP contribution in [-0.4, -0.2) is 55.2 Å². The highest BCUT2D eigenvalue weighted by Gasteiger charge is 2.39. The Hall–Kier alpha value is -4.29. The Morgan fingerprint density at radius 1 is 1.20 bits per heavy atom. The Kier molecular flexibility index (Phi) is 6.24. The summed E-state index contributed by atoms with van der Waals surface area (Å²) in [5, 5.41) is 16.2. The fourth-order valence-electron chi connectivity index (χ4n) is 3.86. The Morgan fingerprint density at radius 2 is 1.91 bits per heavy atom. The van der Waals surface area contributed by atoms with Crippen molar-refractivity contribution in [3.63, 3.8) is 0 Å². The first-order valence-corrected chi connectivity index (χ1v) is 10.5. The minimum absolute atomic E-state index is 0.106. The van der Waals surface area contributed by atoms with Gasteiger partial charge in [0, 0.05) is 24.7 Å². The van der Waals surface area contributed by atoms with E-state index in [4.69, 9.17) is 0 Å². The standard InChI is InChI=1S/C22H19F3N6O4/c1-2-30-20-13(14(11-17(32)33)29-31(20)12-6-4-3-5-7-12)10-15(21(30)35)27-19(34)18-26-9-8-16(28-18)22(23,24)25/h3-9,15H,2,10-11H2,1H3,(H,27,34)(H,32,33). The van der Waals surface area contributed by atoms with Gasteiger partial charge in [0.25, 0.3) is 11.8 Å². The second kappa shape index (κ2) is 9.16. The highest BCUT2D eigenvalue weighted by molar-refractivity contribution is 6.03. The number of nitrogens with zero attached hydrogens (tertiary/aromatic N) is 5. The molecule has 13 heteroatoms. The van der Waals surface area contributed by atoms with Crippen LogP contribution in [0.1, 0.15) is 34.5 Å². The zero-order valence-electron chi connectivity index (χ0n) is 18.3. The molecule has 0 spiro atoms. The maximum atomic E-state index is 13.3. The molecule has 1 aliphatic rings. The minimum atomic E-state index is -4.77. The summed E-state index contributed by atoms with van der Waals surface area (Å²) in [6.07, 6.45) is -4.50. The van der Waals surface area contributed by atoms with Gasteiger partial charge in [0.05, 0.1) is 17.8 Å². The van der Waals surface area contributed by atoms with Crippen LogP contribution in [0, 0.1) is 0 Å². The Labute approximate surface area is 196 Å². The second-order valence-electron chi connectivity index (χ2n) is 7.64. The summed E-state index contributed by atoms with van der Waals surface area (Å²) in [5.41, 5.74) is -0.0469. The maximum absolute atomic E-state index is 13.3. The molecule has 3 aromatic rings. The number of fused-ring (bicyclic) bond motifs is 1. The van der Waals surface area contributed by atoms with Crippen molar-refractivity contribution in [1.29, 1.82) is 0 Å². The molecule has 0 saturated heterocycles. The van der Waals surface area contributed by atoms with Crippen molar-refractivity contribution in [2.75, 3.05) is 11.4 Å². The summed E-state index contributed by atoms with van der Waals surface area (Å²) >= 11 is 0. The highest BCUT2D eigenvalue weighted by atomic mass is 19.4. The molecule has 0 bridgehead atoms. The molecule has 0 saturated carbocycles. The van der Waals surface area contributed by atoms with E-state index >= 15 is 0 Å². The average Bonchev–Trinajstić information content (AvgIpc) is 3.16. The molecule has 3 heterocycles. The number of para-hydroxylation sites is 1. The van der Waals surface area contributed by atoms with Crippen LogP contribution in [0.25, 0.3) is 5.69 Å². The normalized spacial score (nSPS) is 15.6. The number of amides is 2. The van der Waals surface area contributed by atoms with Gasteiger partial charge in [-0.1, -0.05) is 18.2 Å². The number of carboxylic acids is 1. The van der Waals surface area contributed by atoms with Gasteiger partial charge in [-0.05, 0) is 25.1 Å². The van der Waals surface area contributed by atoms with E-state index in [0.29, 0.717) is 23.1 Å². The number of alkyl halides is 3. The molecule has 1 aromatic carbocycles. The lowest BCUT2D eigenvalue weighted by molar-refractivity contribution is -0.141. The molecule has 0 fully saturated rings. The van der Waals surface area contributed by atoms with Gasteiger partial charge in [-0.25, -0.2) is 14.6 Å². The van der Waals surface area contributed by atoms with E-state index in [1.54, 1.807) is 37.3 Å². The van der Waals surface area contributed by atoms with Crippen molar-refractivity contribution in [3.05, 3.63) is 65.4 Å². The van der Waals surface area contributed by atoms with Crippen molar-refractivity contribution in [1.82, 2.24) is 25.1 Å². The monoisotopic (exact) mass is 488 g/mol. The van der Waals surface area contributed by atoms with Crippen LogP contribution in [0.2, 0.25) is 0 Å². The number of benzene rings is 1. The Bertz CT molecular complexity index is 1290. The zero-order valence-corrected chi connectivity index (χ0v) is 18.3. The van der Waals surface area contributed by atoms with Gasteiger partial charge in [0.15, 0.2) is 0 Å². The van der Waals surface area contributed by atoms with Gasteiger partial charge < -0.3 is 10.4 Å². The fraction of sp³-hybridized carbons (Fsp3) is 0.273. The van der Waals surface area contributed by atoms with Crippen LogP contribution in [0.15, 0.2) is 42.6 Å². The van der Waals surface area contributed by atoms with Crippen molar-refractivity contribution in [2.45, 2.75) is 32.0 Å². The summed E-state index contributed by atoms with van der Waals surface area (Å²) in [7, 11) is 0. The number of aliphatic carboxylic acids is 1. The number of hydrogen-bond donors (Lipinski definition) is 2. The summed E-state index contributed by atoms with van der Waals surface area (Å²) in [4.78, 5) is 45.6. The maximum Gasteiger partial charge on any atom is 0.433 e. The quantitative estimate of drug-likeness (QED) is 0.543. The fourth-order valence-corrected chi connectivity index (χ4v) is 3.86. The first-order chi connectivity index (χ1) is 16.6. The summed E-state index contributed by atoms with van der Waals surface area (Å²) in [6.45, 7) is 1.87. The Balaban J connectivity index is 1.71. The molecule has 2 aromatic heterocycles. The van der Waals surface area contributed by atoms with Gasteiger partial charge in [-0.15, -0.1) is 0 Å². The van der Waals surface area contributed by atoms with E-state index in [9.17, 15) is 32.7 Å². The minimum Gasteiger partial charge on any atom is -0.481 e. The molecule has 182 valence electrons. The van der Waals surface area contributed by atoms with Crippen LogP contribution in [0.5, 0.6) is 0 Å². The largest absolute Gasteiger partial charge is 0.481 e. The molecule has 1 atom stereocenters. The smallest absolute Gasteiger partial charge is 0.433 e. The topological polar surface area (TPSA) is 130 Å². The number of carbonyl (C=O) groups excluding carboxylic acids is 2. The average molecular weight is 488 g/mol. The van der Waals surface area contributed by atoms with Gasteiger partial charge in [-0.3, -0.25) is 19.3 Å². The summed E-state index contributed by atoms with van der Waals surface area (Å²) in [5.74, 6) is -3.10. The molecule has 0 aliphatic carbocycles. The molecule has 2 N–H and O–H groups in total. The van der Waals surface area contributed by atoms with Crippen molar-refractivity contribution in [2.24, 2.45) is 0 Å². The van der Waals surface area contributed by atoms with E-state index in [1.165, 1.54) is 9.58 Å². The second-order valence-corrected chi connectivity index (χ2v) is 7.64. The third-order valence-corrected chi connectivity index (χ3v) is 5.36. The molecule has 4 rings (SSSR count). The van der Waals surface area contributed by atoms with Gasteiger partial charge in [0.1, 0.15) is 17.6 Å². The van der Waals surface area contributed by atoms with E-state index in [-0.39, 0.29) is 18.7 Å². The van der Waals surface area contributed by atoms with Gasteiger partial charge >= 0.3 is 12.1 Å².